The maximum atomic E-state index is 7.05. The molecule has 0 radical (unpaired) electrons. The first-order valence-corrected chi connectivity index (χ1v) is 27.9. The lowest BCUT2D eigenvalue weighted by molar-refractivity contribution is 0.375. The van der Waals surface area contributed by atoms with Crippen molar-refractivity contribution in [3.63, 3.8) is 0 Å². The maximum Gasteiger partial charge on any atom is 0.175 e. The van der Waals surface area contributed by atoms with Gasteiger partial charge in [-0.1, -0.05) is 218 Å². The Labute approximate surface area is 465 Å². The Bertz CT molecular complexity index is 3820. The van der Waals surface area contributed by atoms with Crippen LogP contribution in [-0.2, 0) is 0 Å². The number of rotatable bonds is 6. The van der Waals surface area contributed by atoms with Crippen molar-refractivity contribution in [3.8, 4) is 57.1 Å². The first-order chi connectivity index (χ1) is 39.7. The third kappa shape index (κ3) is 6.69. The molecule has 4 heterocycles. The molecule has 1 aliphatic carbocycles. The largest absolute Gasteiger partial charge is 0.456 e. The van der Waals surface area contributed by atoms with Crippen LogP contribution in [0.1, 0.15) is 91.1 Å². The highest BCUT2D eigenvalue weighted by atomic mass is 16.5. The van der Waals surface area contributed by atoms with Gasteiger partial charge in [-0.05, 0) is 81.2 Å². The molecular weight excluding hydrogens is 977 g/mol. The molecule has 0 saturated carbocycles. The van der Waals surface area contributed by atoms with Crippen molar-refractivity contribution in [2.75, 3.05) is 0 Å². The molecule has 0 spiro atoms. The van der Waals surface area contributed by atoms with Gasteiger partial charge in [0, 0.05) is 55.6 Å². The maximum absolute atomic E-state index is 7.05. The summed E-state index contributed by atoms with van der Waals surface area (Å²) in [7, 11) is 0. The molecule has 2 unspecified atom stereocenters. The lowest BCUT2D eigenvalue weighted by Crippen LogP contribution is -2.40. The Kier molecular flexibility index (Phi) is 10.1. The molecule has 80 heavy (non-hydrogen) atoms. The summed E-state index contributed by atoms with van der Waals surface area (Å²) in [5.41, 5.74) is 14.2. The Balaban J connectivity index is 1.09. The van der Waals surface area contributed by atoms with E-state index in [4.69, 9.17) is 18.9 Å². The van der Waals surface area contributed by atoms with E-state index in [0.717, 1.165) is 90.5 Å². The van der Waals surface area contributed by atoms with Gasteiger partial charge >= 0.3 is 0 Å². The second-order valence-corrected chi connectivity index (χ2v) is 21.9. The fourth-order valence-corrected chi connectivity index (χ4v) is 14.9. The monoisotopic (exact) mass is 1030 g/mol. The molecular formula is C76H50O4+2. The fourth-order valence-electron chi connectivity index (χ4n) is 14.9. The zero-order valence-corrected chi connectivity index (χ0v) is 43.5. The van der Waals surface area contributed by atoms with Crippen molar-refractivity contribution in [3.05, 3.63) is 334 Å². The Morgan fingerprint density at radius 1 is 0.200 bits per heavy atom. The smallest absolute Gasteiger partial charge is 0.175 e. The predicted octanol–water partition coefficient (Wildman–Crippen LogP) is 19.7. The highest BCUT2D eigenvalue weighted by Crippen LogP contribution is 2.72. The Hall–Kier alpha value is -9.90. The molecule has 0 bridgehead atoms. The second kappa shape index (κ2) is 17.8. The molecule has 2 atom stereocenters. The lowest BCUT2D eigenvalue weighted by Gasteiger charge is -2.44. The number of hydrogen-bond donors (Lipinski definition) is 0. The van der Waals surface area contributed by atoms with Gasteiger partial charge in [-0.25, -0.2) is 0 Å². The van der Waals surface area contributed by atoms with Gasteiger partial charge in [0.2, 0.25) is 0 Å². The molecule has 0 aromatic heterocycles. The topological polar surface area (TPSA) is 36.9 Å². The van der Waals surface area contributed by atoms with E-state index >= 15 is 0 Å². The summed E-state index contributed by atoms with van der Waals surface area (Å²) >= 11 is 0. The average Bonchev–Trinajstić information content (AvgIpc) is 2.84. The summed E-state index contributed by atoms with van der Waals surface area (Å²) in [6, 6.07) is 98.1. The summed E-state index contributed by atoms with van der Waals surface area (Å²) in [4.78, 5) is 0. The highest BCUT2D eigenvalue weighted by molar-refractivity contribution is 6.09. The minimum absolute atomic E-state index is 0.265. The van der Waals surface area contributed by atoms with Gasteiger partial charge < -0.3 is 18.9 Å². The van der Waals surface area contributed by atoms with Crippen molar-refractivity contribution < 1.29 is 18.9 Å². The molecule has 4 aliphatic heterocycles. The molecule has 12 aromatic rings. The Morgan fingerprint density at radius 2 is 0.412 bits per heavy atom. The SMILES string of the molecule is c1ccc2c(c1)Oc1ccccc1C2[C+](C1c2ccccc2Oc2ccccc21)C1c2ccc3ccccc3c2-c2c(ccc3ccccc23)C1[C+](C1c2ccccc2Oc2ccccc21)C1c2ccccc2Oc2ccccc21. The molecule has 12 aromatic carbocycles. The van der Waals surface area contributed by atoms with Crippen LogP contribution < -0.4 is 18.9 Å². The van der Waals surface area contributed by atoms with Crippen LogP contribution in [-0.4, -0.2) is 0 Å². The third-order valence-electron chi connectivity index (χ3n) is 17.9. The van der Waals surface area contributed by atoms with Crippen molar-refractivity contribution >= 4 is 21.5 Å². The van der Waals surface area contributed by atoms with E-state index in [1.165, 1.54) is 55.6 Å². The van der Waals surface area contributed by atoms with Gasteiger partial charge in [-0.3, -0.25) is 0 Å². The van der Waals surface area contributed by atoms with Gasteiger partial charge in [-0.2, -0.15) is 0 Å². The molecule has 4 nitrogen and oxygen atoms in total. The lowest BCUT2D eigenvalue weighted by atomic mass is 9.50. The molecule has 0 amide bonds. The number of para-hydroxylation sites is 8. The minimum atomic E-state index is -0.309. The summed E-state index contributed by atoms with van der Waals surface area (Å²) < 4.78 is 28.2. The van der Waals surface area contributed by atoms with E-state index in [0.29, 0.717) is 0 Å². The summed E-state index contributed by atoms with van der Waals surface area (Å²) in [5, 5.41) is 4.87. The molecule has 5 aliphatic rings. The van der Waals surface area contributed by atoms with Crippen LogP contribution in [0.15, 0.2) is 267 Å². The normalized spacial score (nSPS) is 16.4. The average molecular weight is 1030 g/mol. The van der Waals surface area contributed by atoms with Crippen molar-refractivity contribution in [2.45, 2.75) is 35.5 Å². The van der Waals surface area contributed by atoms with Crippen molar-refractivity contribution in [2.24, 2.45) is 0 Å². The zero-order valence-electron chi connectivity index (χ0n) is 43.5. The second-order valence-electron chi connectivity index (χ2n) is 21.9. The zero-order chi connectivity index (χ0) is 52.4. The van der Waals surface area contributed by atoms with Crippen LogP contribution >= 0.6 is 0 Å². The number of benzene rings is 12. The van der Waals surface area contributed by atoms with Crippen LogP contribution in [0.4, 0.5) is 0 Å². The van der Waals surface area contributed by atoms with E-state index in [1.807, 2.05) is 0 Å². The van der Waals surface area contributed by atoms with Crippen LogP contribution in [0.5, 0.6) is 46.0 Å². The van der Waals surface area contributed by atoms with Gasteiger partial charge in [0.1, 0.15) is 57.8 Å². The van der Waals surface area contributed by atoms with E-state index < -0.39 is 0 Å². The predicted molar refractivity (Wildman–Crippen MR) is 318 cm³/mol. The Morgan fingerprint density at radius 3 is 0.662 bits per heavy atom. The van der Waals surface area contributed by atoms with Crippen LogP contribution in [0, 0.1) is 11.8 Å². The van der Waals surface area contributed by atoms with E-state index in [-0.39, 0.29) is 35.5 Å². The van der Waals surface area contributed by atoms with Gasteiger partial charge in [0.05, 0.1) is 0 Å². The van der Waals surface area contributed by atoms with Crippen LogP contribution in [0.25, 0.3) is 32.7 Å². The number of fused-ring (bicyclic) bond motifs is 15. The van der Waals surface area contributed by atoms with Gasteiger partial charge in [0.25, 0.3) is 0 Å². The molecule has 4 heteroatoms. The molecule has 376 valence electrons. The first kappa shape index (κ1) is 45.2. The van der Waals surface area contributed by atoms with E-state index in [9.17, 15) is 0 Å². The molecule has 0 N–H and O–H groups in total. The molecule has 17 rings (SSSR count). The highest BCUT2D eigenvalue weighted by Gasteiger charge is 2.67. The molecule has 0 saturated heterocycles. The fraction of sp³-hybridized carbons (Fsp3) is 0.0789. The summed E-state index contributed by atoms with van der Waals surface area (Å²) in [6.45, 7) is 0. The minimum Gasteiger partial charge on any atom is -0.456 e. The van der Waals surface area contributed by atoms with Crippen molar-refractivity contribution in [1.29, 1.82) is 0 Å². The molecule has 0 fully saturated rings. The van der Waals surface area contributed by atoms with Crippen LogP contribution in [0.3, 0.4) is 0 Å². The van der Waals surface area contributed by atoms with Gasteiger partial charge in [0.15, 0.2) is 35.5 Å². The number of ether oxygens (including phenoxy) is 4. The van der Waals surface area contributed by atoms with Crippen molar-refractivity contribution in [1.82, 2.24) is 0 Å². The van der Waals surface area contributed by atoms with Crippen LogP contribution in [0.2, 0.25) is 0 Å². The first-order valence-electron chi connectivity index (χ1n) is 27.9. The quantitative estimate of drug-likeness (QED) is 0.156. The standard InChI is InChI=1S/C76H50O4/c1-3-23-47-45(21-1)41-43-57-67(47)68-48-24-4-2-22-46(48)42-44-58(68)74(76(71-53-29-9-17-37-63(53)79-64-38-18-10-30-54(64)71)72-55-31-11-19-39-65(55)80-66-40-20-12-32-56(66)72)73(57)75(69-49-25-5-13-33-59(49)77-60-34-14-6-26-50(60)69)70-51-27-7-15-35-61(51)78-62-36-16-8-28-52(62)70/h1-44,69-74H/q+2. The summed E-state index contributed by atoms with van der Waals surface area (Å²) in [5.74, 6) is 7.95. The van der Waals surface area contributed by atoms with E-state index in [2.05, 4.69) is 267 Å². The third-order valence-corrected chi connectivity index (χ3v) is 17.9. The van der Waals surface area contributed by atoms with E-state index in [1.54, 1.807) is 0 Å². The number of hydrogen-bond acceptors (Lipinski definition) is 4. The van der Waals surface area contributed by atoms with Gasteiger partial charge in [-0.15, -0.1) is 0 Å². The summed E-state index contributed by atoms with van der Waals surface area (Å²) in [6.07, 6.45) is 0.